The van der Waals surface area contributed by atoms with E-state index in [0.717, 1.165) is 135 Å². The van der Waals surface area contributed by atoms with Crippen LogP contribution in [0.2, 0.25) is 0 Å². The third-order valence-corrected chi connectivity index (χ3v) is 25.0. The van der Waals surface area contributed by atoms with Crippen LogP contribution in [0.5, 0.6) is 0 Å². The van der Waals surface area contributed by atoms with Crippen LogP contribution in [0.4, 0.5) is 22.7 Å². The zero-order valence-corrected chi connectivity index (χ0v) is 62.7. The van der Waals surface area contributed by atoms with E-state index in [4.69, 9.17) is 13.8 Å². The van der Waals surface area contributed by atoms with Gasteiger partial charge in [0.15, 0.2) is 0 Å². The fourth-order valence-corrected chi connectivity index (χ4v) is 19.5. The van der Waals surface area contributed by atoms with Gasteiger partial charge in [0.05, 0.1) is 11.7 Å². The number of hydrogen-bond acceptors (Lipinski definition) is 6. The lowest BCUT2D eigenvalue weighted by Gasteiger charge is -2.39. The molecule has 0 saturated heterocycles. The molecule has 2 atom stereocenters. The molecule has 0 aliphatic heterocycles. The molecule has 14 aromatic carbocycles. The summed E-state index contributed by atoms with van der Waals surface area (Å²) in [5, 5.41) is 11.4. The van der Waals surface area contributed by atoms with E-state index in [-0.39, 0.29) is 16.9 Å². The maximum absolute atomic E-state index is 7.03. The molecule has 4 aromatic heterocycles. The number of nitrogens with zero attached hydrogens (tertiary/aromatic N) is 4. The number of anilines is 4. The van der Waals surface area contributed by atoms with Crippen molar-refractivity contribution in [3.05, 3.63) is 386 Å². The highest BCUT2D eigenvalue weighted by molar-refractivity contribution is 6.26. The molecule has 112 heavy (non-hydrogen) atoms. The van der Waals surface area contributed by atoms with Gasteiger partial charge >= 0.3 is 0 Å². The van der Waals surface area contributed by atoms with Gasteiger partial charge in [0.2, 0.25) is 0 Å². The molecule has 532 valence electrons. The van der Waals surface area contributed by atoms with Gasteiger partial charge in [-0.25, -0.2) is 0 Å². The molecule has 0 amide bonds. The van der Waals surface area contributed by atoms with Gasteiger partial charge in [-0.3, -0.25) is 9.97 Å². The van der Waals surface area contributed by atoms with Crippen LogP contribution in [0, 0.1) is 5.92 Å². The van der Waals surface area contributed by atoms with E-state index >= 15 is 0 Å². The zero-order chi connectivity index (χ0) is 74.5. The molecule has 0 bridgehead atoms. The van der Waals surface area contributed by atoms with E-state index in [1.54, 1.807) is 0 Å². The number of hydrogen-bond donors (Lipinski definition) is 0. The van der Waals surface area contributed by atoms with Crippen molar-refractivity contribution in [2.75, 3.05) is 9.80 Å². The number of allylic oxidation sites excluding steroid dienone is 6. The molecule has 4 aliphatic carbocycles. The summed E-state index contributed by atoms with van der Waals surface area (Å²) in [6.07, 6.45) is 19.6. The largest absolute Gasteiger partial charge is 0.456 e. The SMILES string of the molecule is CC1(C)c2ccccc2-c2ccc(N(c3ccc(-c4cc5oc6cccc(-c7cccnc7)c6c5c5ccccc45)cc3)c3ccc4cc(-c5cc(-c6cccc7oc8cc(C9=CCC(N(C%10=CC=C%11c%12ccccc%12C(C)(C)C%11C%10)c%10ccc(-c%11ccccc%11)cc%10)C=C9)c9ccccc9c8c67)ccn5)ccc4c3)cc21. The molecular weight excluding hydrogens is 1360 g/mol. The highest BCUT2D eigenvalue weighted by Crippen LogP contribution is 2.56. The molecule has 6 nitrogen and oxygen atoms in total. The summed E-state index contributed by atoms with van der Waals surface area (Å²) in [7, 11) is 0. The zero-order valence-electron chi connectivity index (χ0n) is 62.7. The first-order valence-corrected chi connectivity index (χ1v) is 39.2. The molecule has 22 rings (SSSR count). The molecule has 0 spiro atoms. The summed E-state index contributed by atoms with van der Waals surface area (Å²) in [5.74, 6) is 0.377. The predicted octanol–water partition coefficient (Wildman–Crippen LogP) is 28.3. The van der Waals surface area contributed by atoms with Crippen LogP contribution < -0.4 is 9.80 Å². The topological polar surface area (TPSA) is 58.5 Å². The van der Waals surface area contributed by atoms with E-state index in [2.05, 4.69) is 370 Å². The lowest BCUT2D eigenvalue weighted by Crippen LogP contribution is -2.37. The Morgan fingerprint density at radius 1 is 0.375 bits per heavy atom. The van der Waals surface area contributed by atoms with Crippen LogP contribution in [-0.4, -0.2) is 16.0 Å². The average Bonchev–Trinajstić information content (AvgIpc) is 1.55. The number of furan rings is 2. The lowest BCUT2D eigenvalue weighted by atomic mass is 9.73. The third-order valence-electron chi connectivity index (χ3n) is 25.0. The van der Waals surface area contributed by atoms with Gasteiger partial charge in [-0.2, -0.15) is 0 Å². The molecule has 0 N–H and O–H groups in total. The van der Waals surface area contributed by atoms with E-state index < -0.39 is 0 Å². The summed E-state index contributed by atoms with van der Waals surface area (Å²) >= 11 is 0. The fraction of sp³-hybridized carbons (Fsp3) is 0.0943. The van der Waals surface area contributed by atoms with E-state index in [9.17, 15) is 0 Å². The van der Waals surface area contributed by atoms with Gasteiger partial charge < -0.3 is 18.6 Å². The van der Waals surface area contributed by atoms with E-state index in [1.165, 1.54) is 88.8 Å². The van der Waals surface area contributed by atoms with Gasteiger partial charge in [-0.1, -0.05) is 258 Å². The van der Waals surface area contributed by atoms with E-state index in [1.807, 2.05) is 24.7 Å². The van der Waals surface area contributed by atoms with Crippen LogP contribution in [0.1, 0.15) is 68.4 Å². The Morgan fingerprint density at radius 3 is 1.69 bits per heavy atom. The summed E-state index contributed by atoms with van der Waals surface area (Å²) < 4.78 is 13.8. The number of aromatic nitrogens is 2. The Labute approximate surface area is 650 Å². The van der Waals surface area contributed by atoms with Crippen LogP contribution >= 0.6 is 0 Å². The molecule has 18 aromatic rings. The van der Waals surface area contributed by atoms with Gasteiger partial charge in [-0.05, 0) is 249 Å². The van der Waals surface area contributed by atoms with Gasteiger partial charge in [-0.15, -0.1) is 0 Å². The van der Waals surface area contributed by atoms with Crippen LogP contribution in [0.15, 0.2) is 367 Å². The van der Waals surface area contributed by atoms with Crippen molar-refractivity contribution in [3.8, 4) is 66.9 Å². The molecule has 0 fully saturated rings. The van der Waals surface area contributed by atoms with Crippen molar-refractivity contribution >= 4 is 110 Å². The molecule has 2 unspecified atom stereocenters. The number of benzene rings is 14. The van der Waals surface area contributed by atoms with Crippen LogP contribution in [0.3, 0.4) is 0 Å². The van der Waals surface area contributed by atoms with Crippen molar-refractivity contribution in [1.82, 2.24) is 9.97 Å². The Morgan fingerprint density at radius 2 is 0.955 bits per heavy atom. The number of pyridine rings is 2. The van der Waals surface area contributed by atoms with Gasteiger partial charge in [0.25, 0.3) is 0 Å². The second kappa shape index (κ2) is 25.5. The maximum atomic E-state index is 7.03. The van der Waals surface area contributed by atoms with Crippen molar-refractivity contribution in [1.29, 1.82) is 0 Å². The summed E-state index contributed by atoms with van der Waals surface area (Å²) in [4.78, 5) is 14.6. The minimum atomic E-state index is -0.187. The average molecular weight is 1440 g/mol. The highest BCUT2D eigenvalue weighted by atomic mass is 16.3. The number of fused-ring (bicyclic) bond motifs is 17. The summed E-state index contributed by atoms with van der Waals surface area (Å²) in [5.41, 5.74) is 31.9. The third kappa shape index (κ3) is 10.4. The first-order valence-electron chi connectivity index (χ1n) is 39.2. The van der Waals surface area contributed by atoms with Crippen LogP contribution in [0.25, 0.3) is 154 Å². The summed E-state index contributed by atoms with van der Waals surface area (Å²) in [6, 6.07) is 111. The second-order valence-electron chi connectivity index (χ2n) is 31.9. The molecule has 6 heteroatoms. The Balaban J connectivity index is 0.587. The fourth-order valence-electron chi connectivity index (χ4n) is 19.5. The second-order valence-corrected chi connectivity index (χ2v) is 31.9. The van der Waals surface area contributed by atoms with E-state index in [0.29, 0.717) is 5.92 Å². The molecule has 0 radical (unpaired) electrons. The van der Waals surface area contributed by atoms with Crippen molar-refractivity contribution in [2.24, 2.45) is 5.92 Å². The Kier molecular flexibility index (Phi) is 14.9. The Hall–Kier alpha value is -13.7. The van der Waals surface area contributed by atoms with Gasteiger partial charge in [0, 0.05) is 85.1 Å². The quantitative estimate of drug-likeness (QED) is 0.121. The standard InChI is InChI=1S/C106H76N4O2/c1-105(2)92-30-14-12-24-84(92)86-52-50-78(60-94(86)105)109(74-43-36-66(37-44-74)65-19-6-5-7-20-65)75-45-38-67(39-46-75)90-62-99-103(88-26-10-8-22-82(88)90)101-80(28-16-32-97(101)111-99)71-54-56-108-96(59-71)72-35-34-70-58-77(49-42-69(70)57-72)110(79-51-53-87-85-25-13-15-31-93(85)106(3,4)95(87)61-79)76-47-40-68(41-48-76)91-63-100-104(89-27-11-9-23-83(89)91)102-81(29-17-33-98(102)112-100)73-21-18-55-107-64-73/h5-45,47-59,61-64,75,94H,46,60H2,1-4H3. The molecule has 0 saturated carbocycles. The van der Waals surface area contributed by atoms with Crippen molar-refractivity contribution < 1.29 is 8.83 Å². The van der Waals surface area contributed by atoms with Crippen molar-refractivity contribution in [2.45, 2.75) is 57.4 Å². The molecule has 4 aliphatic rings. The molecule has 4 heterocycles. The lowest BCUT2D eigenvalue weighted by molar-refractivity contribution is 0.403. The highest BCUT2D eigenvalue weighted by Gasteiger charge is 2.45. The number of rotatable bonds is 12. The molecular formula is C106H76N4O2. The van der Waals surface area contributed by atoms with Crippen LogP contribution in [-0.2, 0) is 10.8 Å². The minimum Gasteiger partial charge on any atom is -0.456 e. The van der Waals surface area contributed by atoms with Crippen molar-refractivity contribution in [3.63, 3.8) is 0 Å². The Bertz CT molecular complexity index is 7070. The smallest absolute Gasteiger partial charge is 0.136 e. The first-order chi connectivity index (χ1) is 55.0. The normalized spacial score (nSPS) is 15.9. The monoisotopic (exact) mass is 1440 g/mol. The van der Waals surface area contributed by atoms with Gasteiger partial charge in [0.1, 0.15) is 22.3 Å². The predicted molar refractivity (Wildman–Crippen MR) is 467 cm³/mol. The first kappa shape index (κ1) is 65.4. The summed E-state index contributed by atoms with van der Waals surface area (Å²) in [6.45, 7) is 9.59. The maximum Gasteiger partial charge on any atom is 0.136 e. The minimum absolute atomic E-state index is 0.00804.